The number of aliphatic hydroxyl groups is 2. The lowest BCUT2D eigenvalue weighted by Crippen LogP contribution is -2.48. The number of alkyl halides is 3. The molecule has 1 aromatic carbocycles. The lowest BCUT2D eigenvalue weighted by Gasteiger charge is -2.35. The molecule has 0 saturated carbocycles. The normalized spacial score (nSPS) is 17.4. The molecule has 2 bridgehead atoms. The maximum atomic E-state index is 13.4. The molecule has 1 unspecified atom stereocenters. The molecule has 10 nitrogen and oxygen atoms in total. The summed E-state index contributed by atoms with van der Waals surface area (Å²) in [6, 6.07) is 5.58. The van der Waals surface area contributed by atoms with Gasteiger partial charge in [0.05, 0.1) is 48.2 Å². The number of benzene rings is 1. The SMILES string of the molecule is O=C(Nc1cncc(OCC(O)CO)c1)N1c2nc(-c3cccc(C(F)(F)F)c3)ncc2N2CC[C@H]1C2. The monoisotopic (exact) mass is 516 g/mol. The number of hydrogen-bond acceptors (Lipinski definition) is 8. The summed E-state index contributed by atoms with van der Waals surface area (Å²) in [5.74, 6) is 0.662. The zero-order chi connectivity index (χ0) is 26.2. The first kappa shape index (κ1) is 24.7. The van der Waals surface area contributed by atoms with E-state index < -0.39 is 30.5 Å². The number of carbonyl (C=O) groups is 1. The van der Waals surface area contributed by atoms with E-state index >= 15 is 0 Å². The molecule has 3 aromatic rings. The van der Waals surface area contributed by atoms with Gasteiger partial charge < -0.3 is 25.2 Å². The summed E-state index contributed by atoms with van der Waals surface area (Å²) in [5, 5.41) is 21.2. The molecular weight excluding hydrogens is 493 g/mol. The maximum absolute atomic E-state index is 13.4. The topological polar surface area (TPSA) is 124 Å². The molecule has 37 heavy (non-hydrogen) atoms. The Bertz CT molecular complexity index is 1310. The number of pyridine rings is 1. The van der Waals surface area contributed by atoms with E-state index in [2.05, 4.69) is 20.3 Å². The van der Waals surface area contributed by atoms with Gasteiger partial charge in [-0.3, -0.25) is 9.88 Å². The van der Waals surface area contributed by atoms with Crippen LogP contribution in [0.1, 0.15) is 12.0 Å². The molecule has 5 rings (SSSR count). The molecule has 2 amide bonds. The van der Waals surface area contributed by atoms with Crippen molar-refractivity contribution in [3.63, 3.8) is 0 Å². The Morgan fingerprint density at radius 3 is 2.86 bits per heavy atom. The highest BCUT2D eigenvalue weighted by molar-refractivity contribution is 6.04. The second kappa shape index (κ2) is 9.82. The van der Waals surface area contributed by atoms with E-state index in [1.165, 1.54) is 41.7 Å². The van der Waals surface area contributed by atoms with Crippen molar-refractivity contribution < 1.29 is 32.9 Å². The van der Waals surface area contributed by atoms with E-state index in [-0.39, 0.29) is 29.8 Å². The largest absolute Gasteiger partial charge is 0.489 e. The molecule has 2 aliphatic heterocycles. The van der Waals surface area contributed by atoms with Crippen molar-refractivity contribution >= 4 is 23.2 Å². The summed E-state index contributed by atoms with van der Waals surface area (Å²) in [4.78, 5) is 29.8. The Labute approximate surface area is 209 Å². The Morgan fingerprint density at radius 1 is 1.24 bits per heavy atom. The van der Waals surface area contributed by atoms with Gasteiger partial charge in [0, 0.05) is 24.7 Å². The van der Waals surface area contributed by atoms with Crippen molar-refractivity contribution in [3.8, 4) is 17.1 Å². The van der Waals surface area contributed by atoms with Crippen LogP contribution in [0.4, 0.5) is 35.2 Å². The van der Waals surface area contributed by atoms with E-state index in [1.807, 2.05) is 4.90 Å². The second-order valence-electron chi connectivity index (χ2n) is 8.73. The lowest BCUT2D eigenvalue weighted by molar-refractivity contribution is -0.137. The summed E-state index contributed by atoms with van der Waals surface area (Å²) < 4.78 is 45.1. The van der Waals surface area contributed by atoms with E-state index in [4.69, 9.17) is 9.84 Å². The zero-order valence-electron chi connectivity index (χ0n) is 19.4. The van der Waals surface area contributed by atoms with Gasteiger partial charge >= 0.3 is 12.2 Å². The van der Waals surface area contributed by atoms with Crippen molar-refractivity contribution in [3.05, 3.63) is 54.5 Å². The van der Waals surface area contributed by atoms with Gasteiger partial charge in [-0.2, -0.15) is 13.2 Å². The lowest BCUT2D eigenvalue weighted by atomic mass is 10.1. The molecule has 194 valence electrons. The van der Waals surface area contributed by atoms with Crippen LogP contribution in [0.5, 0.6) is 5.75 Å². The molecule has 2 aliphatic rings. The Balaban J connectivity index is 1.42. The van der Waals surface area contributed by atoms with Crippen molar-refractivity contribution in [2.24, 2.45) is 0 Å². The summed E-state index contributed by atoms with van der Waals surface area (Å²) in [6.45, 7) is 0.655. The molecule has 2 aromatic heterocycles. The number of nitrogens with one attached hydrogen (secondary N) is 1. The molecule has 1 saturated heterocycles. The van der Waals surface area contributed by atoms with Crippen LogP contribution < -0.4 is 19.9 Å². The number of anilines is 3. The Hall–Kier alpha value is -3.97. The van der Waals surface area contributed by atoms with Gasteiger partial charge in [-0.25, -0.2) is 14.8 Å². The fourth-order valence-corrected chi connectivity index (χ4v) is 4.34. The number of carbonyl (C=O) groups excluding carboxylic acids is 1. The third-order valence-electron chi connectivity index (χ3n) is 6.13. The number of halogens is 3. The van der Waals surface area contributed by atoms with Crippen molar-refractivity contribution in [2.45, 2.75) is 24.7 Å². The fraction of sp³-hybridized carbons (Fsp3) is 0.333. The summed E-state index contributed by atoms with van der Waals surface area (Å²) in [6.07, 6.45) is -0.527. The van der Waals surface area contributed by atoms with Gasteiger partial charge in [0.15, 0.2) is 11.6 Å². The average Bonchev–Trinajstić information content (AvgIpc) is 3.31. The fourth-order valence-electron chi connectivity index (χ4n) is 4.34. The Kier molecular flexibility index (Phi) is 6.56. The molecule has 4 heterocycles. The first-order valence-corrected chi connectivity index (χ1v) is 11.5. The highest BCUT2D eigenvalue weighted by Crippen LogP contribution is 2.40. The molecular formula is C24H23F3N6O4. The summed E-state index contributed by atoms with van der Waals surface area (Å²) in [7, 11) is 0. The molecule has 0 radical (unpaired) electrons. The van der Waals surface area contributed by atoms with Gasteiger partial charge in [0.25, 0.3) is 0 Å². The van der Waals surface area contributed by atoms with E-state index in [0.29, 0.717) is 36.7 Å². The number of amides is 2. The van der Waals surface area contributed by atoms with Crippen LogP contribution in [-0.2, 0) is 6.18 Å². The molecule has 1 fully saturated rings. The van der Waals surface area contributed by atoms with Crippen molar-refractivity contribution in [1.29, 1.82) is 0 Å². The number of urea groups is 1. The number of aliphatic hydroxyl groups excluding tert-OH is 2. The maximum Gasteiger partial charge on any atom is 0.416 e. The van der Waals surface area contributed by atoms with Crippen LogP contribution in [0.3, 0.4) is 0 Å². The average molecular weight is 516 g/mol. The number of rotatable bonds is 6. The van der Waals surface area contributed by atoms with Crippen LogP contribution in [-0.4, -0.2) is 69.6 Å². The number of aromatic nitrogens is 3. The third-order valence-corrected chi connectivity index (χ3v) is 6.13. The minimum absolute atomic E-state index is 0.0738. The van der Waals surface area contributed by atoms with Gasteiger partial charge in [0.2, 0.25) is 0 Å². The molecule has 0 spiro atoms. The second-order valence-corrected chi connectivity index (χ2v) is 8.73. The highest BCUT2D eigenvalue weighted by Gasteiger charge is 2.41. The van der Waals surface area contributed by atoms with Gasteiger partial charge in [0.1, 0.15) is 18.5 Å². The van der Waals surface area contributed by atoms with Crippen molar-refractivity contribution in [2.75, 3.05) is 41.4 Å². The van der Waals surface area contributed by atoms with Gasteiger partial charge in [-0.1, -0.05) is 12.1 Å². The molecule has 13 heteroatoms. The minimum Gasteiger partial charge on any atom is -0.489 e. The zero-order valence-corrected chi connectivity index (χ0v) is 19.4. The molecule has 0 aliphatic carbocycles. The first-order valence-electron chi connectivity index (χ1n) is 11.5. The van der Waals surface area contributed by atoms with E-state index in [0.717, 1.165) is 12.1 Å². The van der Waals surface area contributed by atoms with Crippen LogP contribution in [0.15, 0.2) is 48.9 Å². The van der Waals surface area contributed by atoms with Crippen LogP contribution >= 0.6 is 0 Å². The minimum atomic E-state index is -4.51. The predicted molar refractivity (Wildman–Crippen MR) is 127 cm³/mol. The first-order chi connectivity index (χ1) is 17.7. The van der Waals surface area contributed by atoms with Gasteiger partial charge in [-0.05, 0) is 18.6 Å². The smallest absolute Gasteiger partial charge is 0.416 e. The van der Waals surface area contributed by atoms with Crippen LogP contribution in [0, 0.1) is 0 Å². The number of nitrogens with zero attached hydrogens (tertiary/aromatic N) is 5. The number of hydrogen-bond donors (Lipinski definition) is 3. The third kappa shape index (κ3) is 5.13. The van der Waals surface area contributed by atoms with E-state index in [1.54, 1.807) is 0 Å². The number of fused-ring (bicyclic) bond motifs is 4. The predicted octanol–water partition coefficient (Wildman–Crippen LogP) is 2.92. The van der Waals surface area contributed by atoms with Crippen LogP contribution in [0.2, 0.25) is 0 Å². The van der Waals surface area contributed by atoms with Crippen molar-refractivity contribution in [1.82, 2.24) is 15.0 Å². The molecule has 3 N–H and O–H groups in total. The number of ether oxygens (including phenoxy) is 1. The Morgan fingerprint density at radius 2 is 2.08 bits per heavy atom. The van der Waals surface area contributed by atoms with Gasteiger partial charge in [-0.15, -0.1) is 0 Å². The van der Waals surface area contributed by atoms with E-state index in [9.17, 15) is 23.1 Å². The highest BCUT2D eigenvalue weighted by atomic mass is 19.4. The van der Waals surface area contributed by atoms with Crippen LogP contribution in [0.25, 0.3) is 11.4 Å². The quantitative estimate of drug-likeness (QED) is 0.457. The summed E-state index contributed by atoms with van der Waals surface area (Å²) in [5.41, 5.74) is 0.318. The standard InChI is InChI=1S/C24H23F3N6O4/c25-24(26,27)15-3-1-2-14(6-15)21-29-10-20-22(31-21)33(17-4-5-32(20)11-17)23(36)30-16-7-19(9-28-8-16)37-13-18(35)12-34/h1-3,6-10,17-18,34-35H,4-5,11-13H2,(H,30,36)/t17-,18?/m0/s1. The molecule has 2 atom stereocenters. The summed E-state index contributed by atoms with van der Waals surface area (Å²) >= 11 is 0.